The largest absolute Gasteiger partial charge is 0.376 e. The molecule has 0 aliphatic rings. The molecule has 28 heavy (non-hydrogen) atoms. The lowest BCUT2D eigenvalue weighted by molar-refractivity contribution is 0.0956. The van der Waals surface area contributed by atoms with Crippen molar-refractivity contribution in [2.24, 2.45) is 0 Å². The van der Waals surface area contributed by atoms with E-state index in [-0.39, 0.29) is 5.91 Å². The summed E-state index contributed by atoms with van der Waals surface area (Å²) in [6.45, 7) is 9.19. The van der Waals surface area contributed by atoms with Crippen LogP contribution in [0.5, 0.6) is 0 Å². The first-order valence-electron chi connectivity index (χ1n) is 9.53. The van der Waals surface area contributed by atoms with Crippen LogP contribution in [0, 0.1) is 6.92 Å². The Kier molecular flexibility index (Phi) is 6.09. The van der Waals surface area contributed by atoms with Crippen molar-refractivity contribution in [1.82, 2.24) is 15.5 Å². The summed E-state index contributed by atoms with van der Waals surface area (Å²) in [5, 5.41) is 10.2. The maximum absolute atomic E-state index is 12.0. The van der Waals surface area contributed by atoms with Crippen LogP contribution in [0.3, 0.4) is 0 Å². The third-order valence-electron chi connectivity index (χ3n) is 4.57. The second-order valence-electron chi connectivity index (χ2n) is 7.03. The third-order valence-corrected chi connectivity index (χ3v) is 4.57. The van der Waals surface area contributed by atoms with Crippen molar-refractivity contribution < 1.29 is 9.32 Å². The van der Waals surface area contributed by atoms with Gasteiger partial charge in [0, 0.05) is 23.4 Å². The summed E-state index contributed by atoms with van der Waals surface area (Å²) in [5.74, 6) is 1.46. The standard InChI is InChI=1S/C22H26N4O2/c1-5-23-22(27)18-7-6-15(4)19(12-18)24-13-20-25-21(26-28-20)17-10-8-16(9-11-17)14(2)3/h6-12,14,24H,5,13H2,1-4H3,(H,23,27). The SMILES string of the molecule is CCNC(=O)c1ccc(C)c(NCc2nc(-c3ccc(C(C)C)cc3)no2)c1. The van der Waals surface area contributed by atoms with Gasteiger partial charge in [-0.05, 0) is 43.0 Å². The molecule has 0 atom stereocenters. The zero-order valence-corrected chi connectivity index (χ0v) is 16.7. The molecule has 1 amide bonds. The van der Waals surface area contributed by atoms with Gasteiger partial charge in [-0.2, -0.15) is 4.98 Å². The first-order chi connectivity index (χ1) is 13.5. The summed E-state index contributed by atoms with van der Waals surface area (Å²) in [5.41, 5.74) is 4.72. The molecule has 2 aromatic carbocycles. The van der Waals surface area contributed by atoms with Crippen molar-refractivity contribution in [3.63, 3.8) is 0 Å². The number of carbonyl (C=O) groups excluding carboxylic acids is 1. The molecule has 6 nitrogen and oxygen atoms in total. The lowest BCUT2D eigenvalue weighted by Crippen LogP contribution is -2.22. The van der Waals surface area contributed by atoms with E-state index in [1.54, 1.807) is 0 Å². The van der Waals surface area contributed by atoms with E-state index in [1.807, 2.05) is 44.2 Å². The Hall–Kier alpha value is -3.15. The van der Waals surface area contributed by atoms with Gasteiger partial charge < -0.3 is 15.2 Å². The molecule has 0 spiro atoms. The van der Waals surface area contributed by atoms with Crippen molar-refractivity contribution in [2.45, 2.75) is 40.2 Å². The summed E-state index contributed by atoms with van der Waals surface area (Å²) in [4.78, 5) is 16.5. The maximum Gasteiger partial charge on any atom is 0.251 e. The van der Waals surface area contributed by atoms with Crippen LogP contribution in [0.15, 0.2) is 47.0 Å². The van der Waals surface area contributed by atoms with Gasteiger partial charge >= 0.3 is 0 Å². The Balaban J connectivity index is 1.69. The fourth-order valence-corrected chi connectivity index (χ4v) is 2.85. The lowest BCUT2D eigenvalue weighted by atomic mass is 10.0. The second kappa shape index (κ2) is 8.69. The van der Waals surface area contributed by atoms with Gasteiger partial charge in [-0.1, -0.05) is 49.3 Å². The number of rotatable bonds is 7. The minimum atomic E-state index is -0.0875. The van der Waals surface area contributed by atoms with Gasteiger partial charge in [0.1, 0.15) is 0 Å². The van der Waals surface area contributed by atoms with Gasteiger partial charge in [-0.15, -0.1) is 0 Å². The summed E-state index contributed by atoms with van der Waals surface area (Å²) < 4.78 is 5.37. The van der Waals surface area contributed by atoms with Gasteiger partial charge in [0.25, 0.3) is 5.91 Å². The molecule has 6 heteroatoms. The van der Waals surface area contributed by atoms with Crippen molar-refractivity contribution in [2.75, 3.05) is 11.9 Å². The van der Waals surface area contributed by atoms with Crippen LogP contribution >= 0.6 is 0 Å². The molecule has 3 rings (SSSR count). The van der Waals surface area contributed by atoms with Crippen molar-refractivity contribution in [1.29, 1.82) is 0 Å². The number of carbonyl (C=O) groups is 1. The van der Waals surface area contributed by atoms with Crippen LogP contribution in [-0.2, 0) is 6.54 Å². The van der Waals surface area contributed by atoms with E-state index in [4.69, 9.17) is 4.52 Å². The minimum absolute atomic E-state index is 0.0875. The third kappa shape index (κ3) is 4.57. The molecule has 0 unspecified atom stereocenters. The predicted molar refractivity (Wildman–Crippen MR) is 110 cm³/mol. The van der Waals surface area contributed by atoms with E-state index in [9.17, 15) is 4.79 Å². The number of nitrogens with zero attached hydrogens (tertiary/aromatic N) is 2. The average molecular weight is 378 g/mol. The predicted octanol–water partition coefficient (Wildman–Crippen LogP) is 4.53. The number of amides is 1. The zero-order valence-electron chi connectivity index (χ0n) is 16.7. The van der Waals surface area contributed by atoms with Gasteiger partial charge in [0.15, 0.2) is 0 Å². The van der Waals surface area contributed by atoms with E-state index in [2.05, 4.69) is 46.8 Å². The lowest BCUT2D eigenvalue weighted by Gasteiger charge is -2.10. The Bertz CT molecular complexity index is 945. The molecule has 3 aromatic rings. The number of hydrogen-bond donors (Lipinski definition) is 2. The molecule has 1 heterocycles. The monoisotopic (exact) mass is 378 g/mol. The fraction of sp³-hybridized carbons (Fsp3) is 0.318. The first-order valence-corrected chi connectivity index (χ1v) is 9.53. The number of aryl methyl sites for hydroxylation is 1. The van der Waals surface area contributed by atoms with Crippen LogP contribution in [0.4, 0.5) is 5.69 Å². The Morgan fingerprint density at radius 1 is 1.14 bits per heavy atom. The minimum Gasteiger partial charge on any atom is -0.376 e. The molecule has 0 saturated heterocycles. The van der Waals surface area contributed by atoms with Gasteiger partial charge in [-0.25, -0.2) is 0 Å². The van der Waals surface area contributed by atoms with E-state index < -0.39 is 0 Å². The molecule has 0 aliphatic heterocycles. The van der Waals surface area contributed by atoms with E-state index in [0.717, 1.165) is 16.8 Å². The quantitative estimate of drug-likeness (QED) is 0.631. The molecule has 0 bridgehead atoms. The highest BCUT2D eigenvalue weighted by atomic mass is 16.5. The smallest absolute Gasteiger partial charge is 0.251 e. The van der Waals surface area contributed by atoms with Crippen LogP contribution in [-0.4, -0.2) is 22.6 Å². The molecule has 0 fully saturated rings. The highest BCUT2D eigenvalue weighted by Gasteiger charge is 2.11. The Labute approximate surface area is 165 Å². The molecule has 2 N–H and O–H groups in total. The fourth-order valence-electron chi connectivity index (χ4n) is 2.85. The summed E-state index contributed by atoms with van der Waals surface area (Å²) in [6, 6.07) is 13.8. The van der Waals surface area contributed by atoms with Crippen LogP contribution in [0.2, 0.25) is 0 Å². The highest BCUT2D eigenvalue weighted by Crippen LogP contribution is 2.21. The average Bonchev–Trinajstić information content (AvgIpc) is 3.16. The van der Waals surface area contributed by atoms with Gasteiger partial charge in [-0.3, -0.25) is 4.79 Å². The summed E-state index contributed by atoms with van der Waals surface area (Å²) >= 11 is 0. The van der Waals surface area contributed by atoms with Crippen molar-refractivity contribution in [3.05, 3.63) is 65.0 Å². The van der Waals surface area contributed by atoms with Crippen molar-refractivity contribution in [3.8, 4) is 11.4 Å². The van der Waals surface area contributed by atoms with Crippen LogP contribution in [0.1, 0.15) is 54.1 Å². The number of anilines is 1. The molecule has 1 aromatic heterocycles. The van der Waals surface area contributed by atoms with Crippen LogP contribution in [0.25, 0.3) is 11.4 Å². The molecular weight excluding hydrogens is 352 g/mol. The zero-order chi connectivity index (χ0) is 20.1. The van der Waals surface area contributed by atoms with Gasteiger partial charge in [0.05, 0.1) is 6.54 Å². The molecule has 0 radical (unpaired) electrons. The molecule has 146 valence electrons. The first kappa shape index (κ1) is 19.6. The maximum atomic E-state index is 12.0. The Morgan fingerprint density at radius 3 is 2.57 bits per heavy atom. The van der Waals surface area contributed by atoms with Gasteiger partial charge in [0.2, 0.25) is 11.7 Å². The number of hydrogen-bond acceptors (Lipinski definition) is 5. The summed E-state index contributed by atoms with van der Waals surface area (Å²) in [7, 11) is 0. The summed E-state index contributed by atoms with van der Waals surface area (Å²) in [6.07, 6.45) is 0. The molecule has 0 aliphatic carbocycles. The topological polar surface area (TPSA) is 80.0 Å². The Morgan fingerprint density at radius 2 is 1.89 bits per heavy atom. The second-order valence-corrected chi connectivity index (χ2v) is 7.03. The number of nitrogens with one attached hydrogen (secondary N) is 2. The molecule has 0 saturated carbocycles. The van der Waals surface area contributed by atoms with Crippen molar-refractivity contribution >= 4 is 11.6 Å². The normalized spacial score (nSPS) is 10.9. The molecular formula is C22H26N4O2. The van der Waals surface area contributed by atoms with Crippen LogP contribution < -0.4 is 10.6 Å². The van der Waals surface area contributed by atoms with E-state index in [0.29, 0.717) is 36.3 Å². The van der Waals surface area contributed by atoms with E-state index >= 15 is 0 Å². The number of benzene rings is 2. The van der Waals surface area contributed by atoms with E-state index in [1.165, 1.54) is 5.56 Å². The number of aromatic nitrogens is 2. The highest BCUT2D eigenvalue weighted by molar-refractivity contribution is 5.95.